The minimum absolute atomic E-state index is 0. The van der Waals surface area contributed by atoms with Crippen LogP contribution in [0.5, 0.6) is 0 Å². The minimum Gasteiger partial charge on any atom is -0.352 e. The van der Waals surface area contributed by atoms with E-state index in [0.717, 1.165) is 36.4 Å². The van der Waals surface area contributed by atoms with E-state index in [9.17, 15) is 4.79 Å². The molecule has 2 atom stereocenters. The summed E-state index contributed by atoms with van der Waals surface area (Å²) in [5.41, 5.74) is 6.91. The van der Waals surface area contributed by atoms with Crippen LogP contribution in [0.2, 0.25) is 0 Å². The Morgan fingerprint density at radius 2 is 1.96 bits per heavy atom. The van der Waals surface area contributed by atoms with Crippen LogP contribution in [0.15, 0.2) is 12.5 Å². The Balaban J connectivity index is 0.00000225. The first-order valence-electron chi connectivity index (χ1n) is 8.45. The lowest BCUT2D eigenvalue weighted by atomic mass is 9.98. The first-order valence-corrected chi connectivity index (χ1v) is 8.45. The van der Waals surface area contributed by atoms with Crippen molar-refractivity contribution in [2.75, 3.05) is 31.1 Å². The molecular formula is C16H26ClN7O. The SMILES string of the molecule is CCC(C)C(N)C(=O)N1CCN(c2ncnc3c2cnn3C)CC1.Cl. The van der Waals surface area contributed by atoms with Gasteiger partial charge in [0.15, 0.2) is 5.65 Å². The van der Waals surface area contributed by atoms with Gasteiger partial charge in [-0.25, -0.2) is 9.97 Å². The standard InChI is InChI=1S/C16H25N7O.ClH/c1-4-11(2)13(17)16(24)23-7-5-22(6-8-23)15-12-9-20-21(3)14(12)18-10-19-15;/h9-11,13H,4-8,17H2,1-3H3;1H. The number of nitrogens with zero attached hydrogens (tertiary/aromatic N) is 6. The lowest BCUT2D eigenvalue weighted by molar-refractivity contribution is -0.134. The summed E-state index contributed by atoms with van der Waals surface area (Å²) in [6, 6.07) is -0.411. The van der Waals surface area contributed by atoms with Gasteiger partial charge in [-0.2, -0.15) is 5.10 Å². The highest BCUT2D eigenvalue weighted by atomic mass is 35.5. The molecule has 3 rings (SSSR count). The Morgan fingerprint density at radius 3 is 2.60 bits per heavy atom. The second kappa shape index (κ2) is 7.97. The normalized spacial score (nSPS) is 17.3. The molecule has 1 saturated heterocycles. The third-order valence-corrected chi connectivity index (χ3v) is 4.94. The molecule has 9 heteroatoms. The van der Waals surface area contributed by atoms with E-state index in [0.29, 0.717) is 13.1 Å². The second-order valence-electron chi connectivity index (χ2n) is 6.43. The van der Waals surface area contributed by atoms with E-state index in [2.05, 4.69) is 26.9 Å². The molecule has 1 aliphatic heterocycles. The molecule has 1 fully saturated rings. The predicted octanol–water partition coefficient (Wildman–Crippen LogP) is 0.807. The highest BCUT2D eigenvalue weighted by Crippen LogP contribution is 2.23. The number of amides is 1. The Kier molecular flexibility index (Phi) is 6.18. The number of rotatable bonds is 4. The van der Waals surface area contributed by atoms with Gasteiger partial charge in [0, 0.05) is 33.2 Å². The minimum atomic E-state index is -0.411. The van der Waals surface area contributed by atoms with Gasteiger partial charge in [0.05, 0.1) is 17.6 Å². The van der Waals surface area contributed by atoms with Crippen molar-refractivity contribution in [3.05, 3.63) is 12.5 Å². The Bertz CT molecular complexity index is 726. The molecule has 0 saturated carbocycles. The second-order valence-corrected chi connectivity index (χ2v) is 6.43. The number of nitrogens with two attached hydrogens (primary N) is 1. The zero-order chi connectivity index (χ0) is 17.3. The number of halogens is 1. The fourth-order valence-electron chi connectivity index (χ4n) is 3.05. The van der Waals surface area contributed by atoms with Crippen LogP contribution in [0.4, 0.5) is 5.82 Å². The largest absolute Gasteiger partial charge is 0.352 e. The molecule has 138 valence electrons. The van der Waals surface area contributed by atoms with E-state index in [1.807, 2.05) is 18.9 Å². The van der Waals surface area contributed by atoms with Crippen LogP contribution < -0.4 is 10.6 Å². The summed E-state index contributed by atoms with van der Waals surface area (Å²) in [6.45, 7) is 6.88. The molecule has 2 aromatic heterocycles. The van der Waals surface area contributed by atoms with Crippen LogP contribution in [-0.4, -0.2) is 62.8 Å². The molecule has 0 radical (unpaired) electrons. The number of aryl methyl sites for hydroxylation is 1. The fourth-order valence-corrected chi connectivity index (χ4v) is 3.05. The van der Waals surface area contributed by atoms with E-state index in [-0.39, 0.29) is 24.2 Å². The van der Waals surface area contributed by atoms with Crippen molar-refractivity contribution in [2.45, 2.75) is 26.3 Å². The maximum atomic E-state index is 12.5. The maximum Gasteiger partial charge on any atom is 0.239 e. The number of hydrogen-bond acceptors (Lipinski definition) is 6. The van der Waals surface area contributed by atoms with E-state index in [1.54, 1.807) is 17.2 Å². The molecule has 3 heterocycles. The summed E-state index contributed by atoms with van der Waals surface area (Å²) in [4.78, 5) is 25.3. The molecule has 0 aromatic carbocycles. The molecule has 0 bridgehead atoms. The van der Waals surface area contributed by atoms with Crippen LogP contribution in [0, 0.1) is 5.92 Å². The molecule has 0 aliphatic carbocycles. The number of fused-ring (bicyclic) bond motifs is 1. The van der Waals surface area contributed by atoms with Crippen molar-refractivity contribution < 1.29 is 4.79 Å². The summed E-state index contributed by atoms with van der Waals surface area (Å²) in [6.07, 6.45) is 4.27. The molecule has 1 aliphatic rings. The number of anilines is 1. The Labute approximate surface area is 153 Å². The predicted molar refractivity (Wildman–Crippen MR) is 99.8 cm³/mol. The zero-order valence-corrected chi connectivity index (χ0v) is 15.7. The number of aromatic nitrogens is 4. The molecule has 2 unspecified atom stereocenters. The number of carbonyl (C=O) groups excluding carboxylic acids is 1. The van der Waals surface area contributed by atoms with Crippen molar-refractivity contribution in [3.63, 3.8) is 0 Å². The van der Waals surface area contributed by atoms with Gasteiger partial charge in [0.1, 0.15) is 12.1 Å². The van der Waals surface area contributed by atoms with Crippen LogP contribution >= 0.6 is 12.4 Å². The number of piperazine rings is 1. The molecule has 2 aromatic rings. The monoisotopic (exact) mass is 367 g/mol. The average Bonchev–Trinajstić information content (AvgIpc) is 3.01. The van der Waals surface area contributed by atoms with Crippen molar-refractivity contribution in [1.29, 1.82) is 0 Å². The van der Waals surface area contributed by atoms with Crippen LogP contribution in [-0.2, 0) is 11.8 Å². The van der Waals surface area contributed by atoms with Crippen LogP contribution in [0.25, 0.3) is 11.0 Å². The van der Waals surface area contributed by atoms with Gasteiger partial charge in [0.25, 0.3) is 0 Å². The summed E-state index contributed by atoms with van der Waals surface area (Å²) in [7, 11) is 1.87. The molecule has 2 N–H and O–H groups in total. The van der Waals surface area contributed by atoms with Gasteiger partial charge in [-0.3, -0.25) is 9.48 Å². The molecule has 25 heavy (non-hydrogen) atoms. The third-order valence-electron chi connectivity index (χ3n) is 4.94. The number of carbonyl (C=O) groups is 1. The summed E-state index contributed by atoms with van der Waals surface area (Å²) >= 11 is 0. The summed E-state index contributed by atoms with van der Waals surface area (Å²) in [5.74, 6) is 1.14. The first-order chi connectivity index (χ1) is 11.5. The van der Waals surface area contributed by atoms with Crippen molar-refractivity contribution in [1.82, 2.24) is 24.6 Å². The average molecular weight is 368 g/mol. The first kappa shape index (κ1) is 19.4. The van der Waals surface area contributed by atoms with Gasteiger partial charge in [0.2, 0.25) is 5.91 Å². The molecular weight excluding hydrogens is 342 g/mol. The van der Waals surface area contributed by atoms with Gasteiger partial charge >= 0.3 is 0 Å². The van der Waals surface area contributed by atoms with E-state index in [1.165, 1.54) is 0 Å². The summed E-state index contributed by atoms with van der Waals surface area (Å²) < 4.78 is 1.74. The summed E-state index contributed by atoms with van der Waals surface area (Å²) in [5, 5.41) is 5.19. The lowest BCUT2D eigenvalue weighted by Crippen LogP contribution is -2.54. The smallest absolute Gasteiger partial charge is 0.239 e. The van der Waals surface area contributed by atoms with Crippen molar-refractivity contribution >= 4 is 35.2 Å². The van der Waals surface area contributed by atoms with Gasteiger partial charge in [-0.05, 0) is 5.92 Å². The maximum absolute atomic E-state index is 12.5. The van der Waals surface area contributed by atoms with Gasteiger partial charge in [-0.15, -0.1) is 12.4 Å². The van der Waals surface area contributed by atoms with E-state index >= 15 is 0 Å². The topological polar surface area (TPSA) is 93.2 Å². The molecule has 0 spiro atoms. The number of hydrogen-bond donors (Lipinski definition) is 1. The Hall–Kier alpha value is -1.93. The third kappa shape index (κ3) is 3.69. The highest BCUT2D eigenvalue weighted by Gasteiger charge is 2.28. The Morgan fingerprint density at radius 1 is 1.28 bits per heavy atom. The molecule has 1 amide bonds. The molecule has 8 nitrogen and oxygen atoms in total. The van der Waals surface area contributed by atoms with Gasteiger partial charge in [-0.1, -0.05) is 20.3 Å². The van der Waals surface area contributed by atoms with Crippen molar-refractivity contribution in [2.24, 2.45) is 18.7 Å². The van der Waals surface area contributed by atoms with Crippen LogP contribution in [0.3, 0.4) is 0 Å². The fraction of sp³-hybridized carbons (Fsp3) is 0.625. The van der Waals surface area contributed by atoms with E-state index in [4.69, 9.17) is 5.73 Å². The van der Waals surface area contributed by atoms with E-state index < -0.39 is 6.04 Å². The van der Waals surface area contributed by atoms with Crippen molar-refractivity contribution in [3.8, 4) is 0 Å². The van der Waals surface area contributed by atoms with Gasteiger partial charge < -0.3 is 15.5 Å². The highest BCUT2D eigenvalue weighted by molar-refractivity contribution is 5.87. The zero-order valence-electron chi connectivity index (χ0n) is 14.9. The van der Waals surface area contributed by atoms with Crippen LogP contribution in [0.1, 0.15) is 20.3 Å². The quantitative estimate of drug-likeness (QED) is 0.859. The lowest BCUT2D eigenvalue weighted by Gasteiger charge is -2.37.